The molecule has 336 valence electrons. The van der Waals surface area contributed by atoms with Crippen LogP contribution in [0.15, 0.2) is 41.3 Å². The average molecular weight is 853 g/mol. The number of anilines is 1. The Morgan fingerprint density at radius 3 is 2.25 bits per heavy atom. The number of esters is 1. The van der Waals surface area contributed by atoms with Crippen LogP contribution in [0.4, 0.5) is 5.69 Å². The number of aliphatic hydroxyl groups is 2. The van der Waals surface area contributed by atoms with Crippen LogP contribution in [0.25, 0.3) is 10.8 Å². The second-order valence-corrected chi connectivity index (χ2v) is 16.5. The molecule has 0 aliphatic carbocycles. The van der Waals surface area contributed by atoms with Crippen LogP contribution in [-0.2, 0) is 28.6 Å². The predicted octanol–water partition coefficient (Wildman–Crippen LogP) is 7.47. The number of aromatic hydroxyl groups is 3. The molecule has 0 spiro atoms. The highest BCUT2D eigenvalue weighted by Crippen LogP contribution is 2.55. The third kappa shape index (κ3) is 10.7. The molecule has 2 aromatic rings. The summed E-state index contributed by atoms with van der Waals surface area (Å²) in [5, 5.41) is 64.3. The fourth-order valence-electron chi connectivity index (χ4n) is 7.96. The van der Waals surface area contributed by atoms with Crippen molar-refractivity contribution in [1.29, 1.82) is 0 Å². The van der Waals surface area contributed by atoms with E-state index in [1.807, 2.05) is 0 Å². The van der Waals surface area contributed by atoms with Gasteiger partial charge in [-0.25, -0.2) is 0 Å². The Kier molecular flexibility index (Phi) is 16.8. The van der Waals surface area contributed by atoms with E-state index in [-0.39, 0.29) is 51.1 Å². The highest BCUT2D eigenvalue weighted by Gasteiger charge is 2.50. The van der Waals surface area contributed by atoms with Crippen LogP contribution in [0.5, 0.6) is 23.0 Å². The maximum atomic E-state index is 14.4. The normalized spacial score (nSPS) is 29.5. The molecule has 0 saturated heterocycles. The number of hydrogen-bond donors (Lipinski definition) is 6. The third-order valence-electron chi connectivity index (χ3n) is 11.9. The largest absolute Gasteiger partial charge is 0.507 e. The van der Waals surface area contributed by atoms with E-state index in [0.29, 0.717) is 0 Å². The van der Waals surface area contributed by atoms with Crippen molar-refractivity contribution >= 4 is 40.3 Å². The zero-order chi connectivity index (χ0) is 45.3. The zero-order valence-corrected chi connectivity index (χ0v) is 37.0. The van der Waals surface area contributed by atoms with E-state index < -0.39 is 88.8 Å². The van der Waals surface area contributed by atoms with Crippen molar-refractivity contribution in [2.24, 2.45) is 28.8 Å². The number of ether oxygens (including phenoxy) is 4. The summed E-state index contributed by atoms with van der Waals surface area (Å²) in [5.41, 5.74) is -0.543. The van der Waals surface area contributed by atoms with Gasteiger partial charge in [-0.3, -0.25) is 14.4 Å². The Labute approximate surface area is 358 Å². The molecule has 0 aromatic heterocycles. The first-order valence-corrected chi connectivity index (χ1v) is 21.1. The predicted molar refractivity (Wildman–Crippen MR) is 231 cm³/mol. The first-order valence-electron chi connectivity index (χ1n) is 21.1. The Bertz CT molecular complexity index is 2040. The number of methoxy groups -OCH3 is 1. The fraction of sp³-hybridized carbons (Fsp3) is 0.565. The number of benzene rings is 2. The quantitative estimate of drug-likeness (QED) is 0.0323. The van der Waals surface area contributed by atoms with Gasteiger partial charge in [-0.05, 0) is 32.8 Å². The number of unbranched alkanes of at least 4 members (excludes halogenated alkanes) is 5. The van der Waals surface area contributed by atoms with Crippen LogP contribution >= 0.6 is 0 Å². The number of Topliss-reactive ketones (excluding diaryl/α,β-unsaturated/α-hetero) is 1. The van der Waals surface area contributed by atoms with Crippen molar-refractivity contribution in [3.8, 4) is 23.0 Å². The molecule has 5 bridgehead atoms. The maximum Gasteiger partial charge on any atom is 0.312 e. The molecule has 5 rings (SSSR count). The molecule has 15 nitrogen and oxygen atoms in total. The minimum absolute atomic E-state index is 0.0419. The topological polar surface area (TPSA) is 223 Å². The lowest BCUT2D eigenvalue weighted by atomic mass is 9.78. The number of amides is 1. The summed E-state index contributed by atoms with van der Waals surface area (Å²) in [6, 6.07) is 0. The Balaban J connectivity index is 1.90. The molecule has 3 aliphatic heterocycles. The number of carbonyl (C=O) groups is 3. The lowest BCUT2D eigenvalue weighted by molar-refractivity contribution is -0.160. The van der Waals surface area contributed by atoms with E-state index >= 15 is 0 Å². The van der Waals surface area contributed by atoms with Gasteiger partial charge in [-0.1, -0.05) is 83.7 Å². The van der Waals surface area contributed by atoms with E-state index in [1.54, 1.807) is 39.8 Å². The van der Waals surface area contributed by atoms with Gasteiger partial charge < -0.3 is 54.6 Å². The number of phenols is 3. The number of rotatable bonds is 11. The Morgan fingerprint density at radius 2 is 1.59 bits per heavy atom. The highest BCUT2D eigenvalue weighted by atomic mass is 16.7. The summed E-state index contributed by atoms with van der Waals surface area (Å²) in [6.45, 7) is 14.9. The molecule has 9 atom stereocenters. The van der Waals surface area contributed by atoms with Crippen molar-refractivity contribution in [3.63, 3.8) is 0 Å². The van der Waals surface area contributed by atoms with Crippen LogP contribution in [0.3, 0.4) is 0 Å². The van der Waals surface area contributed by atoms with Gasteiger partial charge in [-0.2, -0.15) is 0 Å². The van der Waals surface area contributed by atoms with Crippen LogP contribution in [0.2, 0.25) is 0 Å². The molecule has 0 unspecified atom stereocenters. The molecule has 6 N–H and O–H groups in total. The summed E-state index contributed by atoms with van der Waals surface area (Å²) in [4.78, 5) is 45.9. The average Bonchev–Trinajstić information content (AvgIpc) is 3.49. The number of hydrogen-bond acceptors (Lipinski definition) is 14. The number of allylic oxidation sites excluding steroid dienone is 2. The molecule has 1 amide bonds. The zero-order valence-electron chi connectivity index (χ0n) is 37.0. The van der Waals surface area contributed by atoms with E-state index in [0.717, 1.165) is 44.7 Å². The van der Waals surface area contributed by atoms with Crippen molar-refractivity contribution in [1.82, 2.24) is 0 Å². The van der Waals surface area contributed by atoms with E-state index in [1.165, 1.54) is 53.2 Å². The molecule has 0 saturated carbocycles. The second kappa shape index (κ2) is 21.1. The standard InChI is InChI=1S/C46H64N2O13/c1-11-12-13-14-15-16-21-59-47-23-31-36-41(54)34-33(40(31)53)35-43(29(7)39(34)52)61-46(9,44(35)55)58-22-20-32(57-10)26(4)42(60-30(8)49)28(6)38(51)27(5)37(50)24(2)18-17-19-25(3)45(56)48-36/h17-20,22-24,26-28,32,37-38,42,50-54H,11-16,21H2,1-10H3,(H,48,56)/b18-17-,22-20-,25-19-,47-23+/t24-,26+,27+,28+,32-,37-,38+,42+,46-/m0/s1. The van der Waals surface area contributed by atoms with Crippen molar-refractivity contribution < 1.29 is 63.7 Å². The van der Waals surface area contributed by atoms with Crippen LogP contribution in [0, 0.1) is 30.6 Å². The molecule has 2 aromatic carbocycles. The molecule has 0 radical (unpaired) electrons. The minimum atomic E-state index is -2.06. The Morgan fingerprint density at radius 1 is 0.918 bits per heavy atom. The summed E-state index contributed by atoms with van der Waals surface area (Å²) in [7, 11) is 1.43. The van der Waals surface area contributed by atoms with Gasteiger partial charge in [-0.15, -0.1) is 0 Å². The highest BCUT2D eigenvalue weighted by molar-refractivity contribution is 6.23. The van der Waals surface area contributed by atoms with Gasteiger partial charge in [0.2, 0.25) is 0 Å². The van der Waals surface area contributed by atoms with Gasteiger partial charge in [0.1, 0.15) is 30.0 Å². The number of carbonyl (C=O) groups excluding carboxylic acids is 3. The van der Waals surface area contributed by atoms with E-state index in [9.17, 15) is 39.9 Å². The van der Waals surface area contributed by atoms with Crippen molar-refractivity contribution in [3.05, 3.63) is 52.8 Å². The number of ketones is 1. The molecular weight excluding hydrogens is 789 g/mol. The third-order valence-corrected chi connectivity index (χ3v) is 11.9. The van der Waals surface area contributed by atoms with E-state index in [2.05, 4.69) is 17.4 Å². The van der Waals surface area contributed by atoms with Crippen molar-refractivity contribution in [2.45, 2.75) is 131 Å². The van der Waals surface area contributed by atoms with Crippen LogP contribution < -0.4 is 10.1 Å². The SMILES string of the molecule is CCCCCCCCO/N=C/c1c2c(O)c3c(O)c(C)c4c(c3c1O)C(=O)[C@@](C)(O/C=C\[C@H](OC)[C@@H](C)[C@@H](OC(C)=O)[C@H](C)[C@H](O)[C@H](C)[C@@H](O)[C@@H](C)/C=C\C=C(\C)C(=O)N2)O4. The van der Waals surface area contributed by atoms with Gasteiger partial charge >= 0.3 is 11.8 Å². The number of fused-ring (bicyclic) bond motifs is 14. The fourth-order valence-corrected chi connectivity index (χ4v) is 7.96. The van der Waals surface area contributed by atoms with Gasteiger partial charge in [0.25, 0.3) is 11.7 Å². The van der Waals surface area contributed by atoms with Gasteiger partial charge in [0.15, 0.2) is 5.75 Å². The van der Waals surface area contributed by atoms with Gasteiger partial charge in [0, 0.05) is 61.2 Å². The summed E-state index contributed by atoms with van der Waals surface area (Å²) >= 11 is 0. The summed E-state index contributed by atoms with van der Waals surface area (Å²) < 4.78 is 23.6. The van der Waals surface area contributed by atoms with Crippen molar-refractivity contribution in [2.75, 3.05) is 19.0 Å². The van der Waals surface area contributed by atoms with Crippen LogP contribution in [-0.4, -0.2) is 93.3 Å². The molecule has 3 aliphatic rings. The minimum Gasteiger partial charge on any atom is -0.507 e. The number of nitrogens with zero attached hydrogens (tertiary/aromatic N) is 1. The molecule has 3 heterocycles. The summed E-state index contributed by atoms with van der Waals surface area (Å²) in [5.74, 6) is -8.55. The van der Waals surface area contributed by atoms with E-state index in [4.69, 9.17) is 23.8 Å². The molecule has 61 heavy (non-hydrogen) atoms. The smallest absolute Gasteiger partial charge is 0.312 e. The number of nitrogens with one attached hydrogen (secondary N) is 1. The lowest BCUT2D eigenvalue weighted by Gasteiger charge is -2.38. The second-order valence-electron chi connectivity index (χ2n) is 16.5. The molecule has 15 heteroatoms. The number of phenolic OH excluding ortho intramolecular Hbond substituents is 3. The first-order chi connectivity index (χ1) is 28.8. The molecule has 0 fully saturated rings. The maximum absolute atomic E-state index is 14.4. The number of oxime groups is 1. The number of aliphatic hydroxyl groups excluding tert-OH is 2. The lowest BCUT2D eigenvalue weighted by Crippen LogP contribution is -2.46. The molecular formula is C46H64N2O13. The van der Waals surface area contributed by atoms with Crippen LogP contribution in [0.1, 0.15) is 115 Å². The van der Waals surface area contributed by atoms with Gasteiger partial charge in [0.05, 0.1) is 53.0 Å². The summed E-state index contributed by atoms with van der Waals surface area (Å²) in [6.07, 6.45) is 10.7. The Hall–Kier alpha value is -5.12. The monoisotopic (exact) mass is 852 g/mol. The first kappa shape index (κ1) is 48.5.